The van der Waals surface area contributed by atoms with Crippen molar-refractivity contribution in [2.75, 3.05) is 13.1 Å². The van der Waals surface area contributed by atoms with Crippen LogP contribution in [0.15, 0.2) is 23.1 Å². The monoisotopic (exact) mass is 424 g/mol. The Hall–Kier alpha value is -2.85. The van der Waals surface area contributed by atoms with Gasteiger partial charge in [-0.3, -0.25) is 9.59 Å². The van der Waals surface area contributed by atoms with Gasteiger partial charge in [0.1, 0.15) is 11.6 Å². The highest BCUT2D eigenvalue weighted by atomic mass is 32.1. The highest BCUT2D eigenvalue weighted by Gasteiger charge is 2.22. The summed E-state index contributed by atoms with van der Waals surface area (Å²) in [7, 11) is 0. The number of hydrogen-bond donors (Lipinski definition) is 1. The van der Waals surface area contributed by atoms with Crippen molar-refractivity contribution in [1.82, 2.24) is 14.8 Å². The molecule has 0 fully saturated rings. The minimum Gasteiger partial charge on any atom is -0.348 e. The van der Waals surface area contributed by atoms with Crippen LogP contribution in [0.3, 0.4) is 0 Å². The largest absolute Gasteiger partial charge is 0.348 e. The molecule has 1 aliphatic heterocycles. The van der Waals surface area contributed by atoms with E-state index in [1.165, 1.54) is 10.4 Å². The van der Waals surface area contributed by atoms with E-state index in [-0.39, 0.29) is 18.0 Å². The number of nitrogens with zero attached hydrogens (tertiary/aromatic N) is 3. The molecule has 0 radical (unpaired) electrons. The molecule has 30 heavy (non-hydrogen) atoms. The normalized spacial score (nSPS) is 13.9. The minimum absolute atomic E-state index is 0.00589. The van der Waals surface area contributed by atoms with Gasteiger partial charge < -0.3 is 14.8 Å². The standard InChI is InChI=1S/C23H28N4O2S/c1-15(2)13-27-16(3)9-19(17(27)4)10-20(11-24)23(29)25-12-22(28)26-7-5-21-18(14-26)6-8-30-21/h6,8-10,15H,5,7,12-14H2,1-4H3,(H,25,29)/b20-10-. The molecule has 0 atom stereocenters. The van der Waals surface area contributed by atoms with Crippen LogP contribution in [0.5, 0.6) is 0 Å². The van der Waals surface area contributed by atoms with E-state index >= 15 is 0 Å². The molecule has 1 aliphatic rings. The molecule has 7 heteroatoms. The predicted molar refractivity (Wildman–Crippen MR) is 119 cm³/mol. The van der Waals surface area contributed by atoms with Gasteiger partial charge in [0.05, 0.1) is 6.54 Å². The lowest BCUT2D eigenvalue weighted by Crippen LogP contribution is -2.42. The Morgan fingerprint density at radius 3 is 2.83 bits per heavy atom. The summed E-state index contributed by atoms with van der Waals surface area (Å²) in [5, 5.41) is 14.2. The lowest BCUT2D eigenvalue weighted by atomic mass is 10.1. The summed E-state index contributed by atoms with van der Waals surface area (Å²) in [5.41, 5.74) is 4.16. The molecule has 158 valence electrons. The van der Waals surface area contributed by atoms with Crippen molar-refractivity contribution in [3.63, 3.8) is 0 Å². The number of aromatic nitrogens is 1. The third-order valence-electron chi connectivity index (χ3n) is 5.39. The molecule has 2 amide bonds. The third-order valence-corrected chi connectivity index (χ3v) is 6.41. The molecule has 3 heterocycles. The highest BCUT2D eigenvalue weighted by Crippen LogP contribution is 2.24. The number of carbonyl (C=O) groups is 2. The summed E-state index contributed by atoms with van der Waals surface area (Å²) >= 11 is 1.72. The fourth-order valence-corrected chi connectivity index (χ4v) is 4.64. The molecule has 3 rings (SSSR count). The second-order valence-corrected chi connectivity index (χ2v) is 9.12. The lowest BCUT2D eigenvalue weighted by molar-refractivity contribution is -0.132. The van der Waals surface area contributed by atoms with Gasteiger partial charge in [0.2, 0.25) is 5.91 Å². The zero-order valence-corrected chi connectivity index (χ0v) is 18.8. The Kier molecular flexibility index (Phi) is 6.78. The average Bonchev–Trinajstić information content (AvgIpc) is 3.29. The molecule has 0 saturated heterocycles. The second kappa shape index (κ2) is 9.31. The fraction of sp³-hybridized carbons (Fsp3) is 0.435. The van der Waals surface area contributed by atoms with E-state index in [1.807, 2.05) is 37.4 Å². The van der Waals surface area contributed by atoms with Crippen molar-refractivity contribution >= 4 is 29.2 Å². The van der Waals surface area contributed by atoms with Crippen molar-refractivity contribution in [3.05, 3.63) is 50.5 Å². The number of amides is 2. The van der Waals surface area contributed by atoms with Crippen molar-refractivity contribution in [3.8, 4) is 6.07 Å². The van der Waals surface area contributed by atoms with Gasteiger partial charge in [-0.25, -0.2) is 0 Å². The molecule has 0 saturated carbocycles. The summed E-state index contributed by atoms with van der Waals surface area (Å²) in [6, 6.07) is 6.01. The van der Waals surface area contributed by atoms with Crippen molar-refractivity contribution in [2.24, 2.45) is 5.92 Å². The van der Waals surface area contributed by atoms with Gasteiger partial charge in [-0.15, -0.1) is 11.3 Å². The van der Waals surface area contributed by atoms with Crippen LogP contribution in [-0.4, -0.2) is 34.4 Å². The summed E-state index contributed by atoms with van der Waals surface area (Å²) in [4.78, 5) is 28.1. The van der Waals surface area contributed by atoms with Crippen LogP contribution in [0.1, 0.15) is 41.2 Å². The van der Waals surface area contributed by atoms with E-state index in [0.29, 0.717) is 19.0 Å². The van der Waals surface area contributed by atoms with Gasteiger partial charge in [0.15, 0.2) is 0 Å². The average molecular weight is 425 g/mol. The maximum absolute atomic E-state index is 12.5. The van der Waals surface area contributed by atoms with E-state index in [9.17, 15) is 14.9 Å². The lowest BCUT2D eigenvalue weighted by Gasteiger charge is -2.27. The van der Waals surface area contributed by atoms with Gasteiger partial charge >= 0.3 is 0 Å². The van der Waals surface area contributed by atoms with E-state index < -0.39 is 5.91 Å². The Balaban J connectivity index is 1.64. The predicted octanol–water partition coefficient (Wildman–Crippen LogP) is 3.43. The molecule has 0 aromatic carbocycles. The Morgan fingerprint density at radius 2 is 2.13 bits per heavy atom. The first-order valence-electron chi connectivity index (χ1n) is 10.2. The second-order valence-electron chi connectivity index (χ2n) is 8.12. The molecule has 6 nitrogen and oxygen atoms in total. The molecule has 1 N–H and O–H groups in total. The topological polar surface area (TPSA) is 78.1 Å². The van der Waals surface area contributed by atoms with E-state index in [2.05, 4.69) is 23.7 Å². The maximum atomic E-state index is 12.5. The number of thiophene rings is 1. The van der Waals surface area contributed by atoms with Crippen LogP contribution >= 0.6 is 11.3 Å². The summed E-state index contributed by atoms with van der Waals surface area (Å²) in [6.07, 6.45) is 2.46. The summed E-state index contributed by atoms with van der Waals surface area (Å²) in [5.74, 6) is -0.156. The number of hydrogen-bond acceptors (Lipinski definition) is 4. The summed E-state index contributed by atoms with van der Waals surface area (Å²) < 4.78 is 2.20. The number of rotatable bonds is 6. The van der Waals surface area contributed by atoms with Gasteiger partial charge in [0.25, 0.3) is 5.91 Å². The van der Waals surface area contributed by atoms with Gasteiger partial charge in [-0.2, -0.15) is 5.26 Å². The van der Waals surface area contributed by atoms with Gasteiger partial charge in [-0.05, 0) is 60.9 Å². The SMILES string of the molecule is Cc1cc(/C=C(/C#N)C(=O)NCC(=O)N2CCc3sccc3C2)c(C)n1CC(C)C. The zero-order valence-electron chi connectivity index (χ0n) is 18.0. The first kappa shape index (κ1) is 21.8. The Bertz CT molecular complexity index is 1020. The van der Waals surface area contributed by atoms with Crippen molar-refractivity contribution in [2.45, 2.75) is 47.2 Å². The van der Waals surface area contributed by atoms with Crippen molar-refractivity contribution in [1.29, 1.82) is 5.26 Å². The molecule has 2 aromatic heterocycles. The molecule has 2 aromatic rings. The number of fused-ring (bicyclic) bond motifs is 1. The van der Waals surface area contributed by atoms with Gasteiger partial charge in [0, 0.05) is 35.9 Å². The number of carbonyl (C=O) groups excluding carboxylic acids is 2. The van der Waals surface area contributed by atoms with Crippen molar-refractivity contribution < 1.29 is 9.59 Å². The molecule has 0 bridgehead atoms. The number of nitriles is 1. The fourth-order valence-electron chi connectivity index (χ4n) is 3.75. The van der Waals surface area contributed by atoms with Crippen LogP contribution in [0.25, 0.3) is 6.08 Å². The third kappa shape index (κ3) is 4.82. The highest BCUT2D eigenvalue weighted by molar-refractivity contribution is 7.10. The van der Waals surface area contributed by atoms with E-state index in [0.717, 1.165) is 29.9 Å². The number of nitrogens with one attached hydrogen (secondary N) is 1. The van der Waals surface area contributed by atoms with Crippen LogP contribution in [0.4, 0.5) is 0 Å². The maximum Gasteiger partial charge on any atom is 0.262 e. The molecular formula is C23H28N4O2S. The van der Waals surface area contributed by atoms with Crippen LogP contribution in [0.2, 0.25) is 0 Å². The molecule has 0 aliphatic carbocycles. The Labute approximate surface area is 181 Å². The molecule has 0 spiro atoms. The smallest absolute Gasteiger partial charge is 0.262 e. The quantitative estimate of drug-likeness (QED) is 0.570. The number of aryl methyl sites for hydroxylation is 1. The molecule has 0 unspecified atom stereocenters. The van der Waals surface area contributed by atoms with E-state index in [4.69, 9.17) is 0 Å². The molecular weight excluding hydrogens is 396 g/mol. The Morgan fingerprint density at radius 1 is 1.37 bits per heavy atom. The van der Waals surface area contributed by atoms with Crippen LogP contribution < -0.4 is 5.32 Å². The first-order chi connectivity index (χ1) is 14.3. The first-order valence-corrected chi connectivity index (χ1v) is 11.1. The van der Waals surface area contributed by atoms with E-state index in [1.54, 1.807) is 22.3 Å². The summed E-state index contributed by atoms with van der Waals surface area (Å²) in [6.45, 7) is 10.3. The zero-order chi connectivity index (χ0) is 21.8. The minimum atomic E-state index is -0.521. The van der Waals surface area contributed by atoms with Gasteiger partial charge in [-0.1, -0.05) is 13.8 Å². The van der Waals surface area contributed by atoms with Crippen LogP contribution in [0, 0.1) is 31.1 Å². The van der Waals surface area contributed by atoms with Crippen LogP contribution in [-0.2, 0) is 29.1 Å².